The van der Waals surface area contributed by atoms with E-state index < -0.39 is 0 Å². The number of rotatable bonds is 8. The second kappa shape index (κ2) is 10.2. The van der Waals surface area contributed by atoms with E-state index in [0.29, 0.717) is 5.75 Å². The van der Waals surface area contributed by atoms with Crippen LogP contribution in [0.15, 0.2) is 52.2 Å². The minimum atomic E-state index is -0.0615. The van der Waals surface area contributed by atoms with Gasteiger partial charge in [-0.15, -0.1) is 21.5 Å². The molecule has 4 aromatic rings. The third-order valence-electron chi connectivity index (χ3n) is 4.75. The van der Waals surface area contributed by atoms with Crippen LogP contribution in [0.3, 0.4) is 0 Å². The number of amides is 1. The second-order valence-corrected chi connectivity index (χ2v) is 10.6. The van der Waals surface area contributed by atoms with Gasteiger partial charge in [0, 0.05) is 22.5 Å². The monoisotopic (exact) mass is 481 g/mol. The van der Waals surface area contributed by atoms with Crippen molar-refractivity contribution in [1.82, 2.24) is 15.2 Å². The van der Waals surface area contributed by atoms with Crippen LogP contribution in [0, 0.1) is 20.8 Å². The van der Waals surface area contributed by atoms with Crippen LogP contribution in [-0.4, -0.2) is 21.1 Å². The Balaban J connectivity index is 1.27. The van der Waals surface area contributed by atoms with Gasteiger partial charge in [-0.2, -0.15) is 0 Å². The van der Waals surface area contributed by atoms with E-state index in [1.807, 2.05) is 42.6 Å². The van der Waals surface area contributed by atoms with Crippen LogP contribution < -0.4 is 10.6 Å². The Bertz CT molecular complexity index is 1220. The molecular formula is C23H23N5OS3. The lowest BCUT2D eigenvalue weighted by atomic mass is 10.1. The minimum Gasteiger partial charge on any atom is -0.330 e. The van der Waals surface area contributed by atoms with E-state index in [4.69, 9.17) is 0 Å². The van der Waals surface area contributed by atoms with Crippen molar-refractivity contribution in [3.05, 3.63) is 75.2 Å². The number of nitrogens with one attached hydrogen (secondary N) is 2. The Labute approximate surface area is 199 Å². The summed E-state index contributed by atoms with van der Waals surface area (Å²) >= 11 is 4.62. The molecular weight excluding hydrogens is 458 g/mol. The highest BCUT2D eigenvalue weighted by Crippen LogP contribution is 2.30. The number of thiazole rings is 1. The van der Waals surface area contributed by atoms with Crippen LogP contribution in [0.4, 0.5) is 16.5 Å². The Morgan fingerprint density at radius 3 is 2.56 bits per heavy atom. The SMILES string of the molecule is Cc1ccc(NC(=O)Cc2nc(CSc3nnc(Nc4ccc(C)c(C)c4)s3)cs2)cc1. The van der Waals surface area contributed by atoms with Crippen molar-refractivity contribution in [3.8, 4) is 0 Å². The van der Waals surface area contributed by atoms with E-state index in [-0.39, 0.29) is 12.3 Å². The molecule has 0 aliphatic heterocycles. The number of benzene rings is 2. The van der Waals surface area contributed by atoms with E-state index in [9.17, 15) is 4.79 Å². The predicted octanol–water partition coefficient (Wildman–Crippen LogP) is 6.14. The standard InChI is InChI=1S/C23H23N5OS3/c1-14-4-7-17(8-5-14)24-20(29)11-21-25-19(12-30-21)13-31-23-28-27-22(32-23)26-18-9-6-15(2)16(3)10-18/h4-10,12H,11,13H2,1-3H3,(H,24,29)(H,26,27). The number of aromatic nitrogens is 3. The van der Waals surface area contributed by atoms with Crippen molar-refractivity contribution >= 4 is 56.8 Å². The highest BCUT2D eigenvalue weighted by Gasteiger charge is 2.11. The van der Waals surface area contributed by atoms with Gasteiger partial charge in [0.2, 0.25) is 11.0 Å². The number of aryl methyl sites for hydroxylation is 3. The highest BCUT2D eigenvalue weighted by molar-refractivity contribution is 8.00. The van der Waals surface area contributed by atoms with Gasteiger partial charge in [0.05, 0.1) is 12.1 Å². The van der Waals surface area contributed by atoms with Gasteiger partial charge < -0.3 is 10.6 Å². The molecule has 2 aromatic carbocycles. The number of carbonyl (C=O) groups is 1. The molecule has 6 nitrogen and oxygen atoms in total. The zero-order chi connectivity index (χ0) is 22.5. The quantitative estimate of drug-likeness (QED) is 0.294. The maximum atomic E-state index is 12.3. The van der Waals surface area contributed by atoms with Crippen LogP contribution in [0.25, 0.3) is 0 Å². The fourth-order valence-corrected chi connectivity index (χ4v) is 5.44. The molecule has 0 bridgehead atoms. The number of anilines is 3. The summed E-state index contributed by atoms with van der Waals surface area (Å²) in [4.78, 5) is 16.9. The molecule has 0 saturated carbocycles. The van der Waals surface area contributed by atoms with E-state index in [2.05, 4.69) is 51.8 Å². The summed E-state index contributed by atoms with van der Waals surface area (Å²) in [5, 5.41) is 18.3. The van der Waals surface area contributed by atoms with E-state index in [1.165, 1.54) is 33.8 Å². The maximum Gasteiger partial charge on any atom is 0.231 e. The molecule has 0 radical (unpaired) electrons. The van der Waals surface area contributed by atoms with Crippen molar-refractivity contribution in [2.45, 2.75) is 37.3 Å². The lowest BCUT2D eigenvalue weighted by Gasteiger charge is -2.05. The van der Waals surface area contributed by atoms with Crippen LogP contribution in [0.2, 0.25) is 0 Å². The first kappa shape index (κ1) is 22.4. The normalized spacial score (nSPS) is 10.8. The molecule has 2 aromatic heterocycles. The maximum absolute atomic E-state index is 12.3. The molecule has 4 rings (SSSR count). The largest absolute Gasteiger partial charge is 0.330 e. The summed E-state index contributed by atoms with van der Waals surface area (Å²) in [6.45, 7) is 6.21. The molecule has 0 unspecified atom stereocenters. The average Bonchev–Trinajstić information content (AvgIpc) is 3.40. The summed E-state index contributed by atoms with van der Waals surface area (Å²) in [5.41, 5.74) is 6.41. The molecule has 2 N–H and O–H groups in total. The van der Waals surface area contributed by atoms with Crippen LogP contribution >= 0.6 is 34.4 Å². The summed E-state index contributed by atoms with van der Waals surface area (Å²) in [6.07, 6.45) is 0.270. The number of nitrogens with zero attached hydrogens (tertiary/aromatic N) is 3. The number of thioether (sulfide) groups is 1. The Kier molecular flexibility index (Phi) is 7.19. The van der Waals surface area contributed by atoms with Crippen molar-refractivity contribution in [3.63, 3.8) is 0 Å². The van der Waals surface area contributed by atoms with E-state index in [0.717, 1.165) is 37.1 Å². The van der Waals surface area contributed by atoms with Crippen molar-refractivity contribution < 1.29 is 4.79 Å². The molecule has 32 heavy (non-hydrogen) atoms. The lowest BCUT2D eigenvalue weighted by molar-refractivity contribution is -0.115. The molecule has 0 aliphatic carbocycles. The first-order chi connectivity index (χ1) is 15.4. The molecule has 9 heteroatoms. The molecule has 0 fully saturated rings. The Morgan fingerprint density at radius 2 is 1.78 bits per heavy atom. The van der Waals surface area contributed by atoms with Gasteiger partial charge in [-0.1, -0.05) is 46.9 Å². The van der Waals surface area contributed by atoms with Gasteiger partial charge in [0.25, 0.3) is 0 Å². The fraction of sp³-hybridized carbons (Fsp3) is 0.217. The third-order valence-corrected chi connectivity index (χ3v) is 7.66. The zero-order valence-corrected chi connectivity index (χ0v) is 20.5. The molecule has 0 atom stereocenters. The summed E-state index contributed by atoms with van der Waals surface area (Å²) in [6, 6.07) is 14.0. The number of carbonyl (C=O) groups excluding carboxylic acids is 1. The topological polar surface area (TPSA) is 79.8 Å². The van der Waals surface area contributed by atoms with Gasteiger partial charge in [0.15, 0.2) is 4.34 Å². The van der Waals surface area contributed by atoms with Gasteiger partial charge >= 0.3 is 0 Å². The molecule has 0 spiro atoms. The zero-order valence-electron chi connectivity index (χ0n) is 18.0. The molecule has 0 saturated heterocycles. The van der Waals surface area contributed by atoms with Crippen LogP contribution in [0.5, 0.6) is 0 Å². The van der Waals surface area contributed by atoms with Gasteiger partial charge in [-0.05, 0) is 56.2 Å². The smallest absolute Gasteiger partial charge is 0.231 e. The summed E-state index contributed by atoms with van der Waals surface area (Å²) in [7, 11) is 0. The fourth-order valence-electron chi connectivity index (χ4n) is 2.87. The molecule has 164 valence electrons. The van der Waals surface area contributed by atoms with Crippen molar-refractivity contribution in [1.29, 1.82) is 0 Å². The summed E-state index contributed by atoms with van der Waals surface area (Å²) in [5.74, 6) is 0.627. The first-order valence-electron chi connectivity index (χ1n) is 10.0. The highest BCUT2D eigenvalue weighted by atomic mass is 32.2. The summed E-state index contributed by atoms with van der Waals surface area (Å²) < 4.78 is 0.878. The molecule has 1 amide bonds. The predicted molar refractivity (Wildman–Crippen MR) is 134 cm³/mol. The lowest BCUT2D eigenvalue weighted by Crippen LogP contribution is -2.14. The molecule has 2 heterocycles. The molecule has 0 aliphatic rings. The van der Waals surface area contributed by atoms with Crippen LogP contribution in [0.1, 0.15) is 27.4 Å². The van der Waals surface area contributed by atoms with E-state index in [1.54, 1.807) is 11.8 Å². The number of hydrogen-bond acceptors (Lipinski definition) is 8. The van der Waals surface area contributed by atoms with Gasteiger partial charge in [0.1, 0.15) is 5.01 Å². The Hall–Kier alpha value is -2.75. The van der Waals surface area contributed by atoms with Crippen molar-refractivity contribution in [2.24, 2.45) is 0 Å². The third kappa shape index (κ3) is 6.15. The number of hydrogen-bond donors (Lipinski definition) is 2. The van der Waals surface area contributed by atoms with E-state index >= 15 is 0 Å². The first-order valence-corrected chi connectivity index (χ1v) is 12.7. The average molecular weight is 482 g/mol. The minimum absolute atomic E-state index is 0.0615. The van der Waals surface area contributed by atoms with Gasteiger partial charge in [-0.3, -0.25) is 4.79 Å². The van der Waals surface area contributed by atoms with Crippen LogP contribution in [-0.2, 0) is 17.0 Å². The second-order valence-electron chi connectivity index (χ2n) is 7.41. The van der Waals surface area contributed by atoms with Crippen molar-refractivity contribution in [2.75, 3.05) is 10.6 Å². The Morgan fingerprint density at radius 1 is 1.00 bits per heavy atom. The van der Waals surface area contributed by atoms with Gasteiger partial charge in [-0.25, -0.2) is 4.98 Å².